The van der Waals surface area contributed by atoms with E-state index in [0.717, 1.165) is 37.4 Å². The van der Waals surface area contributed by atoms with E-state index < -0.39 is 0 Å². The van der Waals surface area contributed by atoms with Crippen molar-refractivity contribution in [3.63, 3.8) is 0 Å². The summed E-state index contributed by atoms with van der Waals surface area (Å²) < 4.78 is 10.7. The minimum Gasteiger partial charge on any atom is -0.493 e. The van der Waals surface area contributed by atoms with E-state index in [1.165, 1.54) is 5.56 Å². The molecule has 1 atom stereocenters. The predicted molar refractivity (Wildman–Crippen MR) is 81.1 cm³/mol. The van der Waals surface area contributed by atoms with Gasteiger partial charge in [0.05, 0.1) is 14.2 Å². The van der Waals surface area contributed by atoms with Gasteiger partial charge in [0.15, 0.2) is 11.5 Å². The fraction of sp³-hybridized carbons (Fsp3) is 0.562. The zero-order valence-electron chi connectivity index (χ0n) is 12.6. The summed E-state index contributed by atoms with van der Waals surface area (Å²) in [4.78, 5) is 12.0. The molecule has 2 aliphatic rings. The van der Waals surface area contributed by atoms with E-state index in [9.17, 15) is 4.79 Å². The highest BCUT2D eigenvalue weighted by Gasteiger charge is 2.33. The van der Waals surface area contributed by atoms with Crippen molar-refractivity contribution in [1.82, 2.24) is 5.32 Å². The van der Waals surface area contributed by atoms with Crippen LogP contribution < -0.4 is 20.1 Å². The monoisotopic (exact) mass is 290 g/mol. The smallest absolute Gasteiger partial charge is 0.225 e. The molecule has 0 aromatic heterocycles. The summed E-state index contributed by atoms with van der Waals surface area (Å²) in [6.07, 6.45) is 2.80. The van der Waals surface area contributed by atoms with Gasteiger partial charge in [0, 0.05) is 18.2 Å². The molecule has 1 fully saturated rings. The van der Waals surface area contributed by atoms with Crippen molar-refractivity contribution in [3.05, 3.63) is 17.7 Å². The van der Waals surface area contributed by atoms with E-state index in [2.05, 4.69) is 10.6 Å². The van der Waals surface area contributed by atoms with Crippen LogP contribution in [0, 0.1) is 5.92 Å². The molecule has 2 N–H and O–H groups in total. The second-order valence-corrected chi connectivity index (χ2v) is 5.74. The average molecular weight is 290 g/mol. The molecule has 1 aromatic rings. The fourth-order valence-electron chi connectivity index (χ4n) is 3.49. The number of hydrogen-bond donors (Lipinski definition) is 2. The molecule has 2 heterocycles. The van der Waals surface area contributed by atoms with Crippen molar-refractivity contribution in [2.45, 2.75) is 25.2 Å². The molecule has 2 aliphatic heterocycles. The van der Waals surface area contributed by atoms with Crippen molar-refractivity contribution < 1.29 is 14.3 Å². The summed E-state index contributed by atoms with van der Waals surface area (Å²) in [6.45, 7) is 2.07. The highest BCUT2D eigenvalue weighted by atomic mass is 16.5. The number of carbonyl (C=O) groups is 1. The third-order valence-corrected chi connectivity index (χ3v) is 4.59. The molecule has 3 rings (SSSR count). The van der Waals surface area contributed by atoms with Crippen LogP contribution in [0.2, 0.25) is 0 Å². The first-order chi connectivity index (χ1) is 10.2. The SMILES string of the molecule is COc1cc2c(cc1OC)[C@H](C1CCNCC1)CC(=O)N2. The first-order valence-corrected chi connectivity index (χ1v) is 7.49. The Kier molecular flexibility index (Phi) is 4.01. The number of nitrogens with one attached hydrogen (secondary N) is 2. The lowest BCUT2D eigenvalue weighted by Crippen LogP contribution is -2.34. The number of hydrogen-bond acceptors (Lipinski definition) is 4. The number of ether oxygens (including phenoxy) is 2. The molecule has 0 bridgehead atoms. The van der Waals surface area contributed by atoms with Crippen molar-refractivity contribution in [2.75, 3.05) is 32.6 Å². The van der Waals surface area contributed by atoms with E-state index in [1.54, 1.807) is 14.2 Å². The molecule has 114 valence electrons. The molecular weight excluding hydrogens is 268 g/mol. The van der Waals surface area contributed by atoms with Gasteiger partial charge in [0.2, 0.25) is 5.91 Å². The van der Waals surface area contributed by atoms with Gasteiger partial charge in [0.25, 0.3) is 0 Å². The zero-order valence-corrected chi connectivity index (χ0v) is 12.6. The van der Waals surface area contributed by atoms with Crippen LogP contribution in [0.5, 0.6) is 11.5 Å². The lowest BCUT2D eigenvalue weighted by Gasteiger charge is -2.35. The number of rotatable bonds is 3. The number of benzene rings is 1. The third-order valence-electron chi connectivity index (χ3n) is 4.59. The molecule has 0 radical (unpaired) electrons. The molecule has 1 saturated heterocycles. The summed E-state index contributed by atoms with van der Waals surface area (Å²) in [7, 11) is 3.25. The quantitative estimate of drug-likeness (QED) is 0.895. The van der Waals surface area contributed by atoms with Crippen molar-refractivity contribution >= 4 is 11.6 Å². The highest BCUT2D eigenvalue weighted by Crippen LogP contribution is 2.45. The Balaban J connectivity index is 1.99. The van der Waals surface area contributed by atoms with E-state index in [4.69, 9.17) is 9.47 Å². The van der Waals surface area contributed by atoms with Crippen molar-refractivity contribution in [2.24, 2.45) is 5.92 Å². The van der Waals surface area contributed by atoms with Gasteiger partial charge >= 0.3 is 0 Å². The Morgan fingerprint density at radius 2 is 1.76 bits per heavy atom. The lowest BCUT2D eigenvalue weighted by atomic mass is 9.76. The average Bonchev–Trinajstić information content (AvgIpc) is 2.53. The van der Waals surface area contributed by atoms with Crippen LogP contribution in [0.3, 0.4) is 0 Å². The van der Waals surface area contributed by atoms with Gasteiger partial charge in [-0.25, -0.2) is 0 Å². The van der Waals surface area contributed by atoms with Gasteiger partial charge in [-0.05, 0) is 49.4 Å². The number of piperidine rings is 1. The zero-order chi connectivity index (χ0) is 14.8. The lowest BCUT2D eigenvalue weighted by molar-refractivity contribution is -0.117. The summed E-state index contributed by atoms with van der Waals surface area (Å²) in [5.41, 5.74) is 2.05. The maximum atomic E-state index is 12.0. The second-order valence-electron chi connectivity index (χ2n) is 5.74. The molecule has 0 spiro atoms. The first kappa shape index (κ1) is 14.2. The normalized spacial score (nSPS) is 22.4. The van der Waals surface area contributed by atoms with Gasteiger partial charge in [0.1, 0.15) is 0 Å². The Morgan fingerprint density at radius 3 is 2.43 bits per heavy atom. The summed E-state index contributed by atoms with van der Waals surface area (Å²) >= 11 is 0. The Hall–Kier alpha value is -1.75. The number of amides is 1. The van der Waals surface area contributed by atoms with Gasteiger partial charge in [-0.2, -0.15) is 0 Å². The molecule has 0 unspecified atom stereocenters. The molecule has 0 saturated carbocycles. The molecule has 1 amide bonds. The molecular formula is C16H22N2O3. The van der Waals surface area contributed by atoms with E-state index >= 15 is 0 Å². The van der Waals surface area contributed by atoms with Crippen LogP contribution in [0.15, 0.2) is 12.1 Å². The largest absolute Gasteiger partial charge is 0.493 e. The number of methoxy groups -OCH3 is 2. The maximum absolute atomic E-state index is 12.0. The summed E-state index contributed by atoms with van der Waals surface area (Å²) in [6, 6.07) is 3.90. The summed E-state index contributed by atoms with van der Waals surface area (Å²) in [5, 5.41) is 6.35. The van der Waals surface area contributed by atoms with Gasteiger partial charge in [-0.15, -0.1) is 0 Å². The van der Waals surface area contributed by atoms with Crippen LogP contribution in [-0.4, -0.2) is 33.2 Å². The molecule has 0 aliphatic carbocycles. The second kappa shape index (κ2) is 5.93. The maximum Gasteiger partial charge on any atom is 0.225 e. The summed E-state index contributed by atoms with van der Waals surface area (Å²) in [5.74, 6) is 2.30. The highest BCUT2D eigenvalue weighted by molar-refractivity contribution is 5.95. The van der Waals surface area contributed by atoms with Gasteiger partial charge < -0.3 is 20.1 Å². The first-order valence-electron chi connectivity index (χ1n) is 7.49. The molecule has 5 heteroatoms. The van der Waals surface area contributed by atoms with Crippen LogP contribution in [0.4, 0.5) is 5.69 Å². The van der Waals surface area contributed by atoms with Crippen molar-refractivity contribution in [1.29, 1.82) is 0 Å². The Bertz CT molecular complexity index is 539. The van der Waals surface area contributed by atoms with Gasteiger partial charge in [-0.3, -0.25) is 4.79 Å². The number of anilines is 1. The van der Waals surface area contributed by atoms with E-state index in [1.807, 2.05) is 12.1 Å². The van der Waals surface area contributed by atoms with Crippen LogP contribution in [0.1, 0.15) is 30.7 Å². The van der Waals surface area contributed by atoms with Gasteiger partial charge in [-0.1, -0.05) is 0 Å². The fourth-order valence-corrected chi connectivity index (χ4v) is 3.49. The molecule has 21 heavy (non-hydrogen) atoms. The van der Waals surface area contributed by atoms with Crippen LogP contribution in [0.25, 0.3) is 0 Å². The minimum absolute atomic E-state index is 0.0956. The van der Waals surface area contributed by atoms with E-state index in [0.29, 0.717) is 18.1 Å². The molecule has 1 aromatic carbocycles. The Morgan fingerprint density at radius 1 is 1.10 bits per heavy atom. The van der Waals surface area contributed by atoms with Crippen LogP contribution in [-0.2, 0) is 4.79 Å². The van der Waals surface area contributed by atoms with Crippen LogP contribution >= 0.6 is 0 Å². The van der Waals surface area contributed by atoms with Crippen molar-refractivity contribution in [3.8, 4) is 11.5 Å². The van der Waals surface area contributed by atoms with E-state index in [-0.39, 0.29) is 11.8 Å². The third kappa shape index (κ3) is 2.70. The number of fused-ring (bicyclic) bond motifs is 1. The number of carbonyl (C=O) groups excluding carboxylic acids is 1. The minimum atomic E-state index is 0.0956. The standard InChI is InChI=1S/C16H22N2O3/c1-20-14-7-12-11(10-3-5-17-6-4-10)8-16(19)18-13(12)9-15(14)21-2/h7,9-11,17H,3-6,8H2,1-2H3,(H,18,19)/t11-/m0/s1. The molecule has 5 nitrogen and oxygen atoms in total. The topological polar surface area (TPSA) is 59.6 Å². The Labute approximate surface area is 125 Å². The predicted octanol–water partition coefficient (Wildman–Crippen LogP) is 2.13.